The SMILES string of the molecule is C=C1C(=O)O[C@@H]2/C=C(\CO)CC/C=C(/C=O)[C@H](OC(C)=O)[C@@H](OC(=O)C(C)C)[C@@H]12. The number of carbonyl (C=O) groups excluding carboxylic acids is 4. The van der Waals surface area contributed by atoms with Gasteiger partial charge in [-0.15, -0.1) is 0 Å². The summed E-state index contributed by atoms with van der Waals surface area (Å²) in [6.07, 6.45) is 1.16. The number of aldehydes is 1. The van der Waals surface area contributed by atoms with Crippen molar-refractivity contribution in [3.05, 3.63) is 35.5 Å². The second kappa shape index (κ2) is 9.65. The fourth-order valence-corrected chi connectivity index (χ4v) is 3.33. The van der Waals surface area contributed by atoms with E-state index in [1.165, 1.54) is 6.92 Å². The van der Waals surface area contributed by atoms with Gasteiger partial charge in [-0.25, -0.2) is 4.79 Å². The van der Waals surface area contributed by atoms with Crippen molar-refractivity contribution in [3.8, 4) is 0 Å². The number of esters is 3. The predicted molar refractivity (Wildman–Crippen MR) is 101 cm³/mol. The highest BCUT2D eigenvalue weighted by atomic mass is 16.6. The van der Waals surface area contributed by atoms with E-state index in [1.54, 1.807) is 26.0 Å². The summed E-state index contributed by atoms with van der Waals surface area (Å²) in [5, 5.41) is 9.62. The van der Waals surface area contributed by atoms with Crippen LogP contribution in [0.4, 0.5) is 0 Å². The van der Waals surface area contributed by atoms with Gasteiger partial charge in [-0.1, -0.05) is 26.5 Å². The standard InChI is InChI=1S/C21H26O8/c1-11(2)20(25)29-19-17-12(3)21(26)28-16(17)8-14(9-22)6-5-7-15(10-23)18(19)27-13(4)24/h7-8,10-11,16-19,22H,3,5-6,9H2,1-2,4H3/b14-8-,15-7-/t16-,17+,18+,19+/m1/s1. The Morgan fingerprint density at radius 2 is 2.07 bits per heavy atom. The lowest BCUT2D eigenvalue weighted by atomic mass is 9.83. The zero-order valence-electron chi connectivity index (χ0n) is 16.8. The molecule has 0 bridgehead atoms. The van der Waals surface area contributed by atoms with Gasteiger partial charge in [0.15, 0.2) is 12.2 Å². The molecule has 0 aromatic carbocycles. The van der Waals surface area contributed by atoms with Gasteiger partial charge in [-0.3, -0.25) is 14.4 Å². The Balaban J connectivity index is 2.63. The maximum Gasteiger partial charge on any atom is 0.334 e. The summed E-state index contributed by atoms with van der Waals surface area (Å²) < 4.78 is 16.4. The second-order valence-electron chi connectivity index (χ2n) is 7.35. The van der Waals surface area contributed by atoms with E-state index in [0.29, 0.717) is 24.7 Å². The zero-order valence-corrected chi connectivity index (χ0v) is 16.8. The van der Waals surface area contributed by atoms with Crippen molar-refractivity contribution >= 4 is 24.2 Å². The Labute approximate surface area is 169 Å². The normalized spacial score (nSPS) is 30.9. The summed E-state index contributed by atoms with van der Waals surface area (Å²) in [5.41, 5.74) is 0.740. The molecule has 4 atom stereocenters. The Kier molecular flexibility index (Phi) is 7.50. The van der Waals surface area contributed by atoms with Crippen LogP contribution >= 0.6 is 0 Å². The molecular weight excluding hydrogens is 380 g/mol. The first kappa shape index (κ1) is 22.5. The number of fused-ring (bicyclic) bond motifs is 1. The maximum absolute atomic E-state index is 12.4. The molecule has 1 aliphatic carbocycles. The molecule has 0 radical (unpaired) electrons. The summed E-state index contributed by atoms with van der Waals surface area (Å²) in [5.74, 6) is -3.34. The lowest BCUT2D eigenvalue weighted by Crippen LogP contribution is -2.45. The van der Waals surface area contributed by atoms with Crippen molar-refractivity contribution in [3.63, 3.8) is 0 Å². The van der Waals surface area contributed by atoms with Crippen LogP contribution in [0.1, 0.15) is 33.6 Å². The van der Waals surface area contributed by atoms with Crippen LogP contribution < -0.4 is 0 Å². The number of aliphatic hydroxyl groups excluding tert-OH is 1. The van der Waals surface area contributed by atoms with Crippen molar-refractivity contribution in [2.75, 3.05) is 6.61 Å². The Bertz CT molecular complexity index is 761. The van der Waals surface area contributed by atoms with Crippen molar-refractivity contribution < 1.29 is 38.5 Å². The van der Waals surface area contributed by atoms with E-state index < -0.39 is 48.1 Å². The van der Waals surface area contributed by atoms with E-state index >= 15 is 0 Å². The number of aliphatic hydroxyl groups is 1. The van der Waals surface area contributed by atoms with E-state index in [1.807, 2.05) is 0 Å². The summed E-state index contributed by atoms with van der Waals surface area (Å²) >= 11 is 0. The highest BCUT2D eigenvalue weighted by Gasteiger charge is 2.49. The molecule has 8 nitrogen and oxygen atoms in total. The molecule has 1 heterocycles. The topological polar surface area (TPSA) is 116 Å². The number of hydrogen-bond acceptors (Lipinski definition) is 8. The van der Waals surface area contributed by atoms with Gasteiger partial charge in [0.05, 0.1) is 18.4 Å². The van der Waals surface area contributed by atoms with E-state index in [9.17, 15) is 24.3 Å². The fourth-order valence-electron chi connectivity index (χ4n) is 3.33. The molecule has 29 heavy (non-hydrogen) atoms. The van der Waals surface area contributed by atoms with E-state index in [2.05, 4.69) is 6.58 Å². The van der Waals surface area contributed by atoms with Gasteiger partial charge < -0.3 is 19.3 Å². The van der Waals surface area contributed by atoms with Gasteiger partial charge in [0.25, 0.3) is 0 Å². The third-order valence-corrected chi connectivity index (χ3v) is 4.84. The quantitative estimate of drug-likeness (QED) is 0.240. The molecule has 2 aliphatic rings. The minimum Gasteiger partial charge on any atom is -0.457 e. The van der Waals surface area contributed by atoms with Crippen molar-refractivity contribution in [1.82, 2.24) is 0 Å². The fraction of sp³-hybridized carbons (Fsp3) is 0.524. The summed E-state index contributed by atoms with van der Waals surface area (Å²) in [7, 11) is 0. The van der Waals surface area contributed by atoms with Gasteiger partial charge in [0.2, 0.25) is 0 Å². The molecule has 0 spiro atoms. The molecule has 0 saturated carbocycles. The molecule has 1 N–H and O–H groups in total. The van der Waals surface area contributed by atoms with Crippen LogP contribution in [0.3, 0.4) is 0 Å². The van der Waals surface area contributed by atoms with Crippen molar-refractivity contribution in [2.24, 2.45) is 11.8 Å². The third-order valence-electron chi connectivity index (χ3n) is 4.84. The number of ether oxygens (including phenoxy) is 3. The molecule has 8 heteroatoms. The number of carbonyl (C=O) groups is 4. The van der Waals surface area contributed by atoms with Gasteiger partial charge in [-0.05, 0) is 24.5 Å². The molecule has 2 rings (SSSR count). The lowest BCUT2D eigenvalue weighted by molar-refractivity contribution is -0.171. The van der Waals surface area contributed by atoms with Gasteiger partial charge in [-0.2, -0.15) is 0 Å². The number of hydrogen-bond donors (Lipinski definition) is 1. The summed E-state index contributed by atoms with van der Waals surface area (Å²) in [4.78, 5) is 48.2. The van der Waals surface area contributed by atoms with Crippen molar-refractivity contribution in [1.29, 1.82) is 0 Å². The Morgan fingerprint density at radius 1 is 1.38 bits per heavy atom. The van der Waals surface area contributed by atoms with Crippen LogP contribution in [-0.2, 0) is 33.4 Å². The summed E-state index contributed by atoms with van der Waals surface area (Å²) in [6, 6.07) is 0. The van der Waals surface area contributed by atoms with Gasteiger partial charge in [0.1, 0.15) is 12.4 Å². The average molecular weight is 406 g/mol. The van der Waals surface area contributed by atoms with Crippen molar-refractivity contribution in [2.45, 2.75) is 51.9 Å². The highest BCUT2D eigenvalue weighted by Crippen LogP contribution is 2.37. The molecule has 0 aromatic heterocycles. The molecule has 0 aromatic rings. The monoisotopic (exact) mass is 406 g/mol. The molecule has 1 fully saturated rings. The average Bonchev–Trinajstić information content (AvgIpc) is 2.93. The second-order valence-corrected chi connectivity index (χ2v) is 7.35. The third kappa shape index (κ3) is 5.20. The van der Waals surface area contributed by atoms with Gasteiger partial charge in [0, 0.05) is 18.1 Å². The smallest absolute Gasteiger partial charge is 0.334 e. The highest BCUT2D eigenvalue weighted by molar-refractivity contribution is 5.91. The van der Waals surface area contributed by atoms with E-state index in [4.69, 9.17) is 14.2 Å². The molecule has 0 amide bonds. The lowest BCUT2D eigenvalue weighted by Gasteiger charge is -2.33. The zero-order chi connectivity index (χ0) is 21.7. The first-order valence-corrected chi connectivity index (χ1v) is 9.42. The number of allylic oxidation sites excluding steroid dienone is 1. The minimum atomic E-state index is -1.23. The maximum atomic E-state index is 12.4. The van der Waals surface area contributed by atoms with Crippen LogP contribution in [0.25, 0.3) is 0 Å². The van der Waals surface area contributed by atoms with E-state index in [0.717, 1.165) is 0 Å². The molecular formula is C21H26O8. The van der Waals surface area contributed by atoms with Crippen LogP contribution in [0.5, 0.6) is 0 Å². The Morgan fingerprint density at radius 3 is 2.62 bits per heavy atom. The largest absolute Gasteiger partial charge is 0.457 e. The number of rotatable bonds is 5. The molecule has 1 saturated heterocycles. The predicted octanol–water partition coefficient (Wildman–Crippen LogP) is 1.42. The first-order chi connectivity index (χ1) is 13.7. The van der Waals surface area contributed by atoms with Crippen LogP contribution in [0.2, 0.25) is 0 Å². The minimum absolute atomic E-state index is 0.0353. The summed E-state index contributed by atoms with van der Waals surface area (Å²) in [6.45, 7) is 7.93. The van der Waals surface area contributed by atoms with Gasteiger partial charge >= 0.3 is 17.9 Å². The first-order valence-electron chi connectivity index (χ1n) is 9.42. The molecule has 0 unspecified atom stereocenters. The molecule has 158 valence electrons. The van der Waals surface area contributed by atoms with Crippen LogP contribution in [-0.4, -0.2) is 54.2 Å². The van der Waals surface area contributed by atoms with E-state index in [-0.39, 0.29) is 17.8 Å². The molecule has 1 aliphatic heterocycles. The van der Waals surface area contributed by atoms with Crippen LogP contribution in [0, 0.1) is 11.8 Å². The van der Waals surface area contributed by atoms with Crippen LogP contribution in [0.15, 0.2) is 35.5 Å². The Hall–Kier alpha value is -2.74.